The number of piperazine rings is 1. The van der Waals surface area contributed by atoms with Gasteiger partial charge in [0.1, 0.15) is 5.82 Å². The van der Waals surface area contributed by atoms with Crippen molar-refractivity contribution in [1.29, 1.82) is 0 Å². The molecule has 4 bridgehead atoms. The van der Waals surface area contributed by atoms with Crippen molar-refractivity contribution in [2.45, 2.75) is 38.5 Å². The average Bonchev–Trinajstić information content (AvgIpc) is 2.62. The molecule has 5 heteroatoms. The van der Waals surface area contributed by atoms with Crippen LogP contribution in [0.2, 0.25) is 0 Å². The Morgan fingerprint density at radius 2 is 1.64 bits per heavy atom. The minimum atomic E-state index is 0.0524. The van der Waals surface area contributed by atoms with Crippen molar-refractivity contribution >= 4 is 11.6 Å². The lowest BCUT2D eigenvalue weighted by Gasteiger charge is -2.56. The van der Waals surface area contributed by atoms with Crippen LogP contribution in [0.5, 0.6) is 0 Å². The third kappa shape index (κ3) is 2.86. The summed E-state index contributed by atoms with van der Waals surface area (Å²) in [5.41, 5.74) is 0.0524. The molecule has 0 atom stereocenters. The standard InChI is InChI=1S/C20H28N4O/c25-18(20-10-15-7-16(11-20)9-17(8-15)12-20)14-23-3-5-24(6-4-23)19-13-21-1-2-22-19/h1-2,13,15-17H,3-12,14H2. The second-order valence-corrected chi connectivity index (χ2v) is 8.95. The summed E-state index contributed by atoms with van der Waals surface area (Å²) in [6.07, 6.45) is 13.1. The molecule has 134 valence electrons. The Morgan fingerprint density at radius 3 is 2.20 bits per heavy atom. The van der Waals surface area contributed by atoms with Gasteiger partial charge in [0.05, 0.1) is 12.7 Å². The van der Waals surface area contributed by atoms with Crippen LogP contribution >= 0.6 is 0 Å². The van der Waals surface area contributed by atoms with Gasteiger partial charge >= 0.3 is 0 Å². The highest BCUT2D eigenvalue weighted by atomic mass is 16.1. The van der Waals surface area contributed by atoms with Crippen molar-refractivity contribution in [1.82, 2.24) is 14.9 Å². The third-order valence-corrected chi connectivity index (χ3v) is 7.24. The van der Waals surface area contributed by atoms with E-state index in [4.69, 9.17) is 0 Å². The van der Waals surface area contributed by atoms with Crippen LogP contribution in [-0.2, 0) is 4.79 Å². The second kappa shape index (κ2) is 6.04. The van der Waals surface area contributed by atoms with E-state index in [2.05, 4.69) is 19.8 Å². The summed E-state index contributed by atoms with van der Waals surface area (Å²) in [4.78, 5) is 26.4. The van der Waals surface area contributed by atoms with Crippen molar-refractivity contribution in [3.63, 3.8) is 0 Å². The predicted molar refractivity (Wildman–Crippen MR) is 96.3 cm³/mol. The van der Waals surface area contributed by atoms with Crippen molar-refractivity contribution < 1.29 is 4.79 Å². The predicted octanol–water partition coefficient (Wildman–Crippen LogP) is 2.38. The highest BCUT2D eigenvalue weighted by Gasteiger charge is 2.54. The van der Waals surface area contributed by atoms with Crippen LogP contribution in [0.25, 0.3) is 0 Å². The van der Waals surface area contributed by atoms with E-state index in [1.54, 1.807) is 12.4 Å². The molecule has 5 nitrogen and oxygen atoms in total. The van der Waals surface area contributed by atoms with E-state index in [9.17, 15) is 4.79 Å². The summed E-state index contributed by atoms with van der Waals surface area (Å²) in [5, 5.41) is 0. The minimum Gasteiger partial charge on any atom is -0.353 e. The Hall–Kier alpha value is -1.49. The van der Waals surface area contributed by atoms with Crippen LogP contribution in [0.4, 0.5) is 5.82 Å². The topological polar surface area (TPSA) is 49.3 Å². The zero-order valence-electron chi connectivity index (χ0n) is 14.9. The van der Waals surface area contributed by atoms with Crippen LogP contribution in [0.1, 0.15) is 38.5 Å². The molecule has 1 aliphatic heterocycles. The fraction of sp³-hybridized carbons (Fsp3) is 0.750. The lowest BCUT2D eigenvalue weighted by atomic mass is 9.48. The van der Waals surface area contributed by atoms with Gasteiger partial charge in [-0.3, -0.25) is 14.7 Å². The Labute approximate surface area is 149 Å². The van der Waals surface area contributed by atoms with E-state index in [1.807, 2.05) is 6.20 Å². The number of carbonyl (C=O) groups is 1. The average molecular weight is 340 g/mol. The number of nitrogens with zero attached hydrogens (tertiary/aromatic N) is 4. The molecule has 5 aliphatic rings. The maximum Gasteiger partial charge on any atom is 0.152 e. The number of carbonyl (C=O) groups excluding carboxylic acids is 1. The molecule has 6 rings (SSSR count). The van der Waals surface area contributed by atoms with E-state index >= 15 is 0 Å². The summed E-state index contributed by atoms with van der Waals surface area (Å²) < 4.78 is 0. The summed E-state index contributed by atoms with van der Waals surface area (Å²) in [7, 11) is 0. The molecule has 0 aromatic carbocycles. The maximum absolute atomic E-state index is 13.2. The molecule has 0 N–H and O–H groups in total. The van der Waals surface area contributed by atoms with Gasteiger partial charge in [-0.2, -0.15) is 0 Å². The van der Waals surface area contributed by atoms with Gasteiger partial charge in [0.15, 0.2) is 5.78 Å². The van der Waals surface area contributed by atoms with E-state index in [1.165, 1.54) is 38.5 Å². The molecule has 0 amide bonds. The SMILES string of the molecule is O=C(CN1CCN(c2cnccn2)CC1)C12CC3CC(CC(C3)C1)C2. The molecular weight excluding hydrogens is 312 g/mol. The minimum absolute atomic E-state index is 0.0524. The van der Waals surface area contributed by atoms with Gasteiger partial charge in [-0.05, 0) is 56.3 Å². The normalized spacial score (nSPS) is 37.4. The van der Waals surface area contributed by atoms with E-state index in [-0.39, 0.29) is 5.41 Å². The Kier molecular flexibility index (Phi) is 3.81. The molecule has 25 heavy (non-hydrogen) atoms. The quantitative estimate of drug-likeness (QED) is 0.842. The lowest BCUT2D eigenvalue weighted by Crippen LogP contribution is -2.54. The first kappa shape index (κ1) is 15.7. The summed E-state index contributed by atoms with van der Waals surface area (Å²) in [5.74, 6) is 4.06. The van der Waals surface area contributed by atoms with Crippen molar-refractivity contribution in [3.05, 3.63) is 18.6 Å². The molecule has 4 saturated carbocycles. The van der Waals surface area contributed by atoms with E-state index in [0.29, 0.717) is 12.3 Å². The largest absolute Gasteiger partial charge is 0.353 e. The van der Waals surface area contributed by atoms with E-state index < -0.39 is 0 Å². The maximum atomic E-state index is 13.2. The molecule has 4 aliphatic carbocycles. The Morgan fingerprint density at radius 1 is 1.00 bits per heavy atom. The van der Waals surface area contributed by atoms with Crippen LogP contribution in [-0.4, -0.2) is 53.4 Å². The molecular formula is C20H28N4O. The molecule has 0 radical (unpaired) electrons. The number of aromatic nitrogens is 2. The highest BCUT2D eigenvalue weighted by Crippen LogP contribution is 2.60. The van der Waals surface area contributed by atoms with Crippen LogP contribution in [0.15, 0.2) is 18.6 Å². The van der Waals surface area contributed by atoms with Crippen molar-refractivity contribution in [3.8, 4) is 0 Å². The first-order valence-corrected chi connectivity index (χ1v) is 9.97. The monoisotopic (exact) mass is 340 g/mol. The fourth-order valence-corrected chi connectivity index (χ4v) is 6.41. The fourth-order valence-electron chi connectivity index (χ4n) is 6.41. The van der Waals surface area contributed by atoms with Gasteiger partial charge in [-0.1, -0.05) is 0 Å². The van der Waals surface area contributed by atoms with Gasteiger partial charge in [-0.25, -0.2) is 4.98 Å². The van der Waals surface area contributed by atoms with Gasteiger partial charge in [0, 0.05) is 44.0 Å². The number of Topliss-reactive ketones (excluding diaryl/α,β-unsaturated/α-hetero) is 1. The van der Waals surface area contributed by atoms with Crippen molar-refractivity contribution in [2.75, 3.05) is 37.6 Å². The zero-order valence-corrected chi connectivity index (χ0v) is 14.9. The molecule has 1 aromatic rings. The smallest absolute Gasteiger partial charge is 0.152 e. The van der Waals surface area contributed by atoms with Gasteiger partial charge in [0.25, 0.3) is 0 Å². The number of hydrogen-bond acceptors (Lipinski definition) is 5. The summed E-state index contributed by atoms with van der Waals surface area (Å²) in [6, 6.07) is 0. The van der Waals surface area contributed by atoms with Gasteiger partial charge in [0.2, 0.25) is 0 Å². The highest BCUT2D eigenvalue weighted by molar-refractivity contribution is 5.87. The molecule has 1 aromatic heterocycles. The molecule has 1 saturated heterocycles. The van der Waals surface area contributed by atoms with Gasteiger partial charge < -0.3 is 4.90 Å². The molecule has 2 heterocycles. The first-order chi connectivity index (χ1) is 12.2. The summed E-state index contributed by atoms with van der Waals surface area (Å²) in [6.45, 7) is 4.45. The first-order valence-electron chi connectivity index (χ1n) is 9.97. The van der Waals surface area contributed by atoms with Crippen LogP contribution in [0.3, 0.4) is 0 Å². The number of ketones is 1. The van der Waals surface area contributed by atoms with Crippen LogP contribution in [0, 0.1) is 23.2 Å². The van der Waals surface area contributed by atoms with E-state index in [0.717, 1.165) is 49.8 Å². The Balaban J connectivity index is 1.20. The Bertz CT molecular complexity index is 603. The number of rotatable bonds is 4. The number of hydrogen-bond donors (Lipinski definition) is 0. The van der Waals surface area contributed by atoms with Crippen LogP contribution < -0.4 is 4.90 Å². The lowest BCUT2D eigenvalue weighted by molar-refractivity contribution is -0.145. The molecule has 0 unspecified atom stereocenters. The number of anilines is 1. The molecule has 5 fully saturated rings. The summed E-state index contributed by atoms with van der Waals surface area (Å²) >= 11 is 0. The second-order valence-electron chi connectivity index (χ2n) is 8.95. The molecule has 0 spiro atoms. The third-order valence-electron chi connectivity index (χ3n) is 7.24. The van der Waals surface area contributed by atoms with Crippen molar-refractivity contribution in [2.24, 2.45) is 23.2 Å². The zero-order chi connectivity index (χ0) is 16.9. The van der Waals surface area contributed by atoms with Gasteiger partial charge in [-0.15, -0.1) is 0 Å².